The molecule has 0 atom stereocenters. The number of aromatic nitrogens is 2. The number of aryl methyl sites for hydroxylation is 1. The first-order valence-electron chi connectivity index (χ1n) is 6.60. The van der Waals surface area contributed by atoms with Crippen LogP contribution in [0.15, 0.2) is 48.7 Å². The smallest absolute Gasteiger partial charge is 0.0651 e. The Labute approximate surface area is 112 Å². The monoisotopic (exact) mass is 251 g/mol. The van der Waals surface area contributed by atoms with Crippen LogP contribution < -0.4 is 5.32 Å². The summed E-state index contributed by atoms with van der Waals surface area (Å²) >= 11 is 0. The van der Waals surface area contributed by atoms with Gasteiger partial charge in [0, 0.05) is 17.6 Å². The minimum atomic E-state index is 0.841. The van der Waals surface area contributed by atoms with E-state index >= 15 is 0 Å². The van der Waals surface area contributed by atoms with Crippen molar-refractivity contribution in [2.45, 2.75) is 19.9 Å². The summed E-state index contributed by atoms with van der Waals surface area (Å²) < 4.78 is 0. The second-order valence-corrected chi connectivity index (χ2v) is 4.70. The van der Waals surface area contributed by atoms with E-state index in [1.807, 2.05) is 12.3 Å². The summed E-state index contributed by atoms with van der Waals surface area (Å²) in [6.45, 7) is 3.01. The van der Waals surface area contributed by atoms with Gasteiger partial charge in [0.2, 0.25) is 0 Å². The van der Waals surface area contributed by atoms with Crippen LogP contribution in [0, 0.1) is 0 Å². The molecule has 0 spiro atoms. The number of hydrogen-bond donors (Lipinski definition) is 2. The van der Waals surface area contributed by atoms with Gasteiger partial charge in [-0.3, -0.25) is 5.10 Å². The van der Waals surface area contributed by atoms with E-state index in [4.69, 9.17) is 0 Å². The molecule has 2 N–H and O–H groups in total. The summed E-state index contributed by atoms with van der Waals surface area (Å²) in [7, 11) is 0. The molecule has 0 radical (unpaired) electrons. The van der Waals surface area contributed by atoms with E-state index in [2.05, 4.69) is 58.8 Å². The summed E-state index contributed by atoms with van der Waals surface area (Å²) in [5, 5.41) is 11.6. The van der Waals surface area contributed by atoms with Crippen molar-refractivity contribution in [3.63, 3.8) is 0 Å². The quantitative estimate of drug-likeness (QED) is 0.741. The van der Waals surface area contributed by atoms with Crippen LogP contribution in [0.2, 0.25) is 0 Å². The van der Waals surface area contributed by atoms with Crippen LogP contribution in [0.25, 0.3) is 10.9 Å². The number of fused-ring (bicyclic) bond motifs is 1. The molecule has 3 aromatic rings. The molecule has 3 heteroatoms. The molecule has 0 aliphatic rings. The fraction of sp³-hybridized carbons (Fsp3) is 0.188. The maximum Gasteiger partial charge on any atom is 0.0651 e. The molecule has 3 nitrogen and oxygen atoms in total. The molecule has 0 saturated carbocycles. The highest BCUT2D eigenvalue weighted by atomic mass is 15.1. The van der Waals surface area contributed by atoms with Crippen molar-refractivity contribution in [1.29, 1.82) is 0 Å². The van der Waals surface area contributed by atoms with Crippen LogP contribution in [0.5, 0.6) is 0 Å². The predicted molar refractivity (Wildman–Crippen MR) is 79.2 cm³/mol. The largest absolute Gasteiger partial charge is 0.381 e. The Hall–Kier alpha value is -2.29. The van der Waals surface area contributed by atoms with Gasteiger partial charge in [0.25, 0.3) is 0 Å². The van der Waals surface area contributed by atoms with E-state index in [0.717, 1.165) is 29.6 Å². The Balaban J connectivity index is 1.70. The van der Waals surface area contributed by atoms with Gasteiger partial charge in [-0.25, -0.2) is 0 Å². The third-order valence-electron chi connectivity index (χ3n) is 3.37. The standard InChI is InChI=1S/C16H17N3/c1-2-12-3-5-13(6-4-12)10-17-15-7-8-16-14(9-15)11-18-19-16/h3-9,11,17H,2,10H2,1H3,(H,18,19). The number of hydrogen-bond acceptors (Lipinski definition) is 2. The van der Waals surface area contributed by atoms with Gasteiger partial charge >= 0.3 is 0 Å². The number of benzene rings is 2. The zero-order chi connectivity index (χ0) is 13.1. The SMILES string of the molecule is CCc1ccc(CNc2ccc3[nH]ncc3c2)cc1. The Morgan fingerprint density at radius 3 is 2.63 bits per heavy atom. The van der Waals surface area contributed by atoms with Crippen molar-refractivity contribution in [3.8, 4) is 0 Å². The van der Waals surface area contributed by atoms with Crippen LogP contribution in [0.1, 0.15) is 18.1 Å². The lowest BCUT2D eigenvalue weighted by Gasteiger charge is -2.07. The molecule has 0 amide bonds. The van der Waals surface area contributed by atoms with Crippen LogP contribution >= 0.6 is 0 Å². The Bertz CT molecular complexity index is 668. The molecule has 0 aliphatic carbocycles. The molecule has 0 unspecified atom stereocenters. The van der Waals surface area contributed by atoms with Gasteiger partial charge < -0.3 is 5.32 Å². The molecule has 19 heavy (non-hydrogen) atoms. The highest BCUT2D eigenvalue weighted by molar-refractivity contribution is 5.81. The minimum Gasteiger partial charge on any atom is -0.381 e. The third kappa shape index (κ3) is 2.60. The highest BCUT2D eigenvalue weighted by Crippen LogP contribution is 2.17. The van der Waals surface area contributed by atoms with Gasteiger partial charge in [-0.15, -0.1) is 0 Å². The second-order valence-electron chi connectivity index (χ2n) is 4.70. The molecule has 1 heterocycles. The summed E-state index contributed by atoms with van der Waals surface area (Å²) in [6, 6.07) is 15.0. The van der Waals surface area contributed by atoms with Crippen molar-refractivity contribution in [1.82, 2.24) is 10.2 Å². The lowest BCUT2D eigenvalue weighted by atomic mass is 10.1. The van der Waals surface area contributed by atoms with E-state index in [9.17, 15) is 0 Å². The number of nitrogens with zero attached hydrogens (tertiary/aromatic N) is 1. The maximum absolute atomic E-state index is 4.03. The minimum absolute atomic E-state index is 0.841. The predicted octanol–water partition coefficient (Wildman–Crippen LogP) is 3.74. The van der Waals surface area contributed by atoms with E-state index in [1.54, 1.807) is 0 Å². The molecule has 3 rings (SSSR count). The number of H-pyrrole nitrogens is 1. The highest BCUT2D eigenvalue weighted by Gasteiger charge is 1.98. The Morgan fingerprint density at radius 1 is 1.05 bits per heavy atom. The number of nitrogens with one attached hydrogen (secondary N) is 2. The van der Waals surface area contributed by atoms with Crippen molar-refractivity contribution < 1.29 is 0 Å². The van der Waals surface area contributed by atoms with Gasteiger partial charge in [-0.2, -0.15) is 5.10 Å². The molecule has 1 aromatic heterocycles. The average Bonchev–Trinajstić information content (AvgIpc) is 2.93. The first-order valence-corrected chi connectivity index (χ1v) is 6.60. The second kappa shape index (κ2) is 5.14. The van der Waals surface area contributed by atoms with Gasteiger partial charge in [-0.05, 0) is 35.7 Å². The molecule has 96 valence electrons. The first-order chi connectivity index (χ1) is 9.35. The first kappa shape index (κ1) is 11.8. The Morgan fingerprint density at radius 2 is 1.84 bits per heavy atom. The molecule has 0 aliphatic heterocycles. The zero-order valence-electron chi connectivity index (χ0n) is 11.0. The lowest BCUT2D eigenvalue weighted by Crippen LogP contribution is -1.99. The Kier molecular flexibility index (Phi) is 3.19. The van der Waals surface area contributed by atoms with E-state index in [-0.39, 0.29) is 0 Å². The third-order valence-corrected chi connectivity index (χ3v) is 3.37. The molecular weight excluding hydrogens is 234 g/mol. The molecule has 0 bridgehead atoms. The van der Waals surface area contributed by atoms with Gasteiger partial charge in [-0.1, -0.05) is 31.2 Å². The van der Waals surface area contributed by atoms with Crippen molar-refractivity contribution in [2.75, 3.05) is 5.32 Å². The maximum atomic E-state index is 4.03. The topological polar surface area (TPSA) is 40.7 Å². The number of aromatic amines is 1. The van der Waals surface area contributed by atoms with Crippen molar-refractivity contribution in [2.24, 2.45) is 0 Å². The summed E-state index contributed by atoms with van der Waals surface area (Å²) in [5.74, 6) is 0. The molecule has 0 fully saturated rings. The zero-order valence-corrected chi connectivity index (χ0v) is 11.0. The molecule has 0 saturated heterocycles. The lowest BCUT2D eigenvalue weighted by molar-refractivity contribution is 1.11. The van der Waals surface area contributed by atoms with Crippen LogP contribution in [-0.2, 0) is 13.0 Å². The van der Waals surface area contributed by atoms with E-state index in [1.165, 1.54) is 11.1 Å². The fourth-order valence-electron chi connectivity index (χ4n) is 2.15. The van der Waals surface area contributed by atoms with Crippen LogP contribution in [0.4, 0.5) is 5.69 Å². The van der Waals surface area contributed by atoms with Crippen LogP contribution in [0.3, 0.4) is 0 Å². The van der Waals surface area contributed by atoms with Gasteiger partial charge in [0.05, 0.1) is 11.7 Å². The normalized spacial score (nSPS) is 10.8. The summed E-state index contributed by atoms with van der Waals surface area (Å²) in [5.41, 5.74) is 4.86. The van der Waals surface area contributed by atoms with Crippen LogP contribution in [-0.4, -0.2) is 10.2 Å². The van der Waals surface area contributed by atoms with E-state index < -0.39 is 0 Å². The van der Waals surface area contributed by atoms with Crippen molar-refractivity contribution in [3.05, 3.63) is 59.8 Å². The molecular formula is C16H17N3. The summed E-state index contributed by atoms with van der Waals surface area (Å²) in [6.07, 6.45) is 2.93. The number of anilines is 1. The molecule has 2 aromatic carbocycles. The fourth-order valence-corrected chi connectivity index (χ4v) is 2.15. The summed E-state index contributed by atoms with van der Waals surface area (Å²) in [4.78, 5) is 0. The van der Waals surface area contributed by atoms with Crippen molar-refractivity contribution >= 4 is 16.6 Å². The van der Waals surface area contributed by atoms with E-state index in [0.29, 0.717) is 0 Å². The average molecular weight is 251 g/mol. The van der Waals surface area contributed by atoms with Gasteiger partial charge in [0.1, 0.15) is 0 Å². The van der Waals surface area contributed by atoms with Gasteiger partial charge in [0.15, 0.2) is 0 Å². The number of rotatable bonds is 4.